The van der Waals surface area contributed by atoms with Crippen LogP contribution in [0.5, 0.6) is 5.75 Å². The molecule has 0 heterocycles. The third-order valence-electron chi connectivity index (χ3n) is 3.03. The summed E-state index contributed by atoms with van der Waals surface area (Å²) in [4.78, 5) is 10.3. The lowest BCUT2D eigenvalue weighted by atomic mass is 10.1. The van der Waals surface area contributed by atoms with Gasteiger partial charge in [0.05, 0.1) is 11.5 Å². The molecule has 5 heteroatoms. The summed E-state index contributed by atoms with van der Waals surface area (Å²) >= 11 is 3.33. The fourth-order valence-corrected chi connectivity index (χ4v) is 2.09. The van der Waals surface area contributed by atoms with Gasteiger partial charge in [-0.15, -0.1) is 0 Å². The summed E-state index contributed by atoms with van der Waals surface area (Å²) in [7, 11) is 0. The Hall–Kier alpha value is -1.10. The highest BCUT2D eigenvalue weighted by atomic mass is 79.9. The van der Waals surface area contributed by atoms with E-state index in [4.69, 9.17) is 4.74 Å². The molecule has 0 aliphatic carbocycles. The summed E-state index contributed by atoms with van der Waals surface area (Å²) < 4.78 is 5.75. The Morgan fingerprint density at radius 3 is 2.56 bits per heavy atom. The maximum Gasteiger partial charge on any atom is 0.270 e. The van der Waals surface area contributed by atoms with E-state index >= 15 is 0 Å². The summed E-state index contributed by atoms with van der Waals surface area (Å²) in [5.41, 5.74) is 0.912. The van der Waals surface area contributed by atoms with Crippen LogP contribution in [0, 0.1) is 16.0 Å². The van der Waals surface area contributed by atoms with Crippen molar-refractivity contribution in [3.63, 3.8) is 0 Å². The number of nitrogens with zero attached hydrogens (tertiary/aromatic N) is 1. The van der Waals surface area contributed by atoms with Gasteiger partial charge in [-0.2, -0.15) is 0 Å². The van der Waals surface area contributed by atoms with E-state index < -0.39 is 4.92 Å². The van der Waals surface area contributed by atoms with Gasteiger partial charge in [0, 0.05) is 23.0 Å². The van der Waals surface area contributed by atoms with Crippen LogP contribution in [0.1, 0.15) is 32.3 Å². The van der Waals surface area contributed by atoms with Crippen LogP contribution in [0.15, 0.2) is 18.2 Å². The Morgan fingerprint density at radius 2 is 2.06 bits per heavy atom. The van der Waals surface area contributed by atoms with E-state index in [-0.39, 0.29) is 5.69 Å². The number of alkyl halides is 1. The Morgan fingerprint density at radius 1 is 1.39 bits per heavy atom. The summed E-state index contributed by atoms with van der Waals surface area (Å²) in [5, 5.41) is 11.2. The average Bonchev–Trinajstić information content (AvgIpc) is 2.39. The molecule has 0 bridgehead atoms. The lowest BCUT2D eigenvalue weighted by Gasteiger charge is -2.15. The fraction of sp³-hybridized carbons (Fsp3) is 0.538. The van der Waals surface area contributed by atoms with Crippen LogP contribution in [-0.4, -0.2) is 11.5 Å². The van der Waals surface area contributed by atoms with Gasteiger partial charge in [0.1, 0.15) is 5.75 Å². The number of nitro groups is 1. The quantitative estimate of drug-likeness (QED) is 0.428. The van der Waals surface area contributed by atoms with E-state index in [9.17, 15) is 10.1 Å². The van der Waals surface area contributed by atoms with Crippen molar-refractivity contribution >= 4 is 21.6 Å². The number of rotatable bonds is 7. The molecule has 0 saturated heterocycles. The first-order valence-electron chi connectivity index (χ1n) is 6.08. The molecule has 0 radical (unpaired) electrons. The van der Waals surface area contributed by atoms with Crippen LogP contribution in [0.3, 0.4) is 0 Å². The van der Waals surface area contributed by atoms with Crippen molar-refractivity contribution in [2.75, 3.05) is 6.61 Å². The highest BCUT2D eigenvalue weighted by Crippen LogP contribution is 2.27. The van der Waals surface area contributed by atoms with Crippen LogP contribution < -0.4 is 4.74 Å². The van der Waals surface area contributed by atoms with Gasteiger partial charge >= 0.3 is 0 Å². The van der Waals surface area contributed by atoms with Gasteiger partial charge in [0.25, 0.3) is 5.69 Å². The minimum absolute atomic E-state index is 0.0966. The van der Waals surface area contributed by atoms with E-state index in [2.05, 4.69) is 29.8 Å². The number of halogens is 1. The van der Waals surface area contributed by atoms with Gasteiger partial charge in [0.15, 0.2) is 0 Å². The molecule has 0 spiro atoms. The molecule has 0 N–H and O–H groups in total. The van der Waals surface area contributed by atoms with Gasteiger partial charge in [-0.1, -0.05) is 42.6 Å². The zero-order valence-corrected chi connectivity index (χ0v) is 12.3. The summed E-state index contributed by atoms with van der Waals surface area (Å²) in [6, 6.07) is 4.71. The van der Waals surface area contributed by atoms with Gasteiger partial charge < -0.3 is 4.74 Å². The first kappa shape index (κ1) is 15.0. The van der Waals surface area contributed by atoms with Gasteiger partial charge in [0.2, 0.25) is 0 Å². The van der Waals surface area contributed by atoms with E-state index in [1.807, 2.05) is 0 Å². The lowest BCUT2D eigenvalue weighted by Crippen LogP contribution is -2.11. The van der Waals surface area contributed by atoms with E-state index in [1.54, 1.807) is 12.1 Å². The normalized spacial score (nSPS) is 10.7. The van der Waals surface area contributed by atoms with Crippen LogP contribution in [-0.2, 0) is 5.33 Å². The Balaban J connectivity index is 2.79. The molecule has 1 rings (SSSR count). The molecule has 0 aromatic heterocycles. The monoisotopic (exact) mass is 315 g/mol. The number of hydrogen-bond donors (Lipinski definition) is 0. The van der Waals surface area contributed by atoms with Crippen molar-refractivity contribution in [3.05, 3.63) is 33.9 Å². The molecule has 1 aromatic rings. The van der Waals surface area contributed by atoms with Crippen LogP contribution in [0.4, 0.5) is 5.69 Å². The molecule has 0 aliphatic rings. The Bertz CT molecular complexity index is 405. The van der Waals surface area contributed by atoms with E-state index in [0.717, 1.165) is 24.2 Å². The second-order valence-electron chi connectivity index (χ2n) is 4.18. The van der Waals surface area contributed by atoms with Crippen LogP contribution in [0.2, 0.25) is 0 Å². The minimum Gasteiger partial charge on any atom is -0.493 e. The third kappa shape index (κ3) is 3.98. The molecular formula is C13H18BrNO3. The average molecular weight is 316 g/mol. The predicted molar refractivity (Wildman–Crippen MR) is 75.3 cm³/mol. The lowest BCUT2D eigenvalue weighted by molar-refractivity contribution is -0.384. The molecule has 100 valence electrons. The fourth-order valence-electron chi connectivity index (χ4n) is 1.66. The molecule has 4 nitrogen and oxygen atoms in total. The van der Waals surface area contributed by atoms with Crippen molar-refractivity contribution < 1.29 is 9.66 Å². The molecule has 18 heavy (non-hydrogen) atoms. The van der Waals surface area contributed by atoms with Crippen molar-refractivity contribution in [2.24, 2.45) is 5.92 Å². The smallest absolute Gasteiger partial charge is 0.270 e. The molecule has 0 amide bonds. The maximum atomic E-state index is 10.7. The summed E-state index contributed by atoms with van der Waals surface area (Å²) in [6.45, 7) is 4.93. The second kappa shape index (κ2) is 7.36. The Kier molecular flexibility index (Phi) is 6.12. The van der Waals surface area contributed by atoms with Gasteiger partial charge in [-0.25, -0.2) is 0 Å². The largest absolute Gasteiger partial charge is 0.493 e. The van der Waals surface area contributed by atoms with E-state index in [0.29, 0.717) is 17.9 Å². The zero-order valence-electron chi connectivity index (χ0n) is 10.7. The molecule has 0 saturated carbocycles. The topological polar surface area (TPSA) is 52.4 Å². The highest BCUT2D eigenvalue weighted by molar-refractivity contribution is 9.08. The van der Waals surface area contributed by atoms with Gasteiger partial charge in [-0.3, -0.25) is 10.1 Å². The number of non-ortho nitro benzene ring substituents is 1. The van der Waals surface area contributed by atoms with Crippen LogP contribution >= 0.6 is 15.9 Å². The van der Waals surface area contributed by atoms with E-state index in [1.165, 1.54) is 6.07 Å². The van der Waals surface area contributed by atoms with Crippen molar-refractivity contribution in [1.29, 1.82) is 0 Å². The number of hydrogen-bond acceptors (Lipinski definition) is 3. The Labute approximate surface area is 116 Å². The van der Waals surface area contributed by atoms with Crippen LogP contribution in [0.25, 0.3) is 0 Å². The SMILES string of the molecule is CCC(CC)COc1ccc([N+](=O)[O-])cc1CBr. The number of nitro benzene ring substituents is 1. The van der Waals surface area contributed by atoms with Gasteiger partial charge in [-0.05, 0) is 12.0 Å². The molecule has 0 fully saturated rings. The maximum absolute atomic E-state index is 10.7. The third-order valence-corrected chi connectivity index (χ3v) is 3.63. The molecule has 0 aliphatic heterocycles. The van der Waals surface area contributed by atoms with Crippen molar-refractivity contribution in [1.82, 2.24) is 0 Å². The molecule has 1 aromatic carbocycles. The number of ether oxygens (including phenoxy) is 1. The first-order valence-corrected chi connectivity index (χ1v) is 7.20. The zero-order chi connectivity index (χ0) is 13.5. The highest BCUT2D eigenvalue weighted by Gasteiger charge is 2.12. The first-order chi connectivity index (χ1) is 8.62. The molecule has 0 atom stereocenters. The molecule has 0 unspecified atom stereocenters. The molecular weight excluding hydrogens is 298 g/mol. The summed E-state index contributed by atoms with van der Waals surface area (Å²) in [5.74, 6) is 1.26. The minimum atomic E-state index is -0.392. The standard InChI is InChI=1S/C13H18BrNO3/c1-3-10(4-2)9-18-13-6-5-12(15(16)17)7-11(13)8-14/h5-7,10H,3-4,8-9H2,1-2H3. The van der Waals surface area contributed by atoms with Crippen molar-refractivity contribution in [3.8, 4) is 5.75 Å². The predicted octanol–water partition coefficient (Wildman–Crippen LogP) is 4.30. The second-order valence-corrected chi connectivity index (χ2v) is 4.74. The summed E-state index contributed by atoms with van der Waals surface area (Å²) in [6.07, 6.45) is 2.15. The van der Waals surface area contributed by atoms with Crippen molar-refractivity contribution in [2.45, 2.75) is 32.0 Å². The number of benzene rings is 1.